The summed E-state index contributed by atoms with van der Waals surface area (Å²) in [6.45, 7) is 2.90. The van der Waals surface area contributed by atoms with Crippen LogP contribution in [0.5, 0.6) is 0 Å². The summed E-state index contributed by atoms with van der Waals surface area (Å²) in [5.41, 5.74) is -0.137. The van der Waals surface area contributed by atoms with Crippen LogP contribution in [-0.4, -0.2) is 24.0 Å². The predicted molar refractivity (Wildman–Crippen MR) is 125 cm³/mol. The number of nitrogens with zero attached hydrogens (tertiary/aromatic N) is 1. The van der Waals surface area contributed by atoms with Crippen LogP contribution >= 0.6 is 11.6 Å². The number of rotatable bonds is 5. The number of urea groups is 1. The molecule has 3 N–H and O–H groups in total. The number of benzene rings is 2. The highest BCUT2D eigenvalue weighted by Gasteiger charge is 2.17. The number of fused-ring (bicyclic) bond motifs is 1. The summed E-state index contributed by atoms with van der Waals surface area (Å²) in [6, 6.07) is 11.4. The number of aromatic amines is 1. The largest absolute Gasteiger partial charge is 0.333 e. The molecular weight excluding hydrogens is 456 g/mol. The number of sulfonamides is 1. The molecular formula is C21H19ClN4O5S. The van der Waals surface area contributed by atoms with Gasteiger partial charge in [0.2, 0.25) is 0 Å². The second kappa shape index (κ2) is 9.25. The van der Waals surface area contributed by atoms with Gasteiger partial charge in [0.15, 0.2) is 0 Å². The summed E-state index contributed by atoms with van der Waals surface area (Å²) >= 11 is 5.67. The maximum Gasteiger partial charge on any atom is 0.333 e. The highest BCUT2D eigenvalue weighted by Crippen LogP contribution is 2.13. The van der Waals surface area contributed by atoms with E-state index in [1.165, 1.54) is 43.3 Å². The number of H-pyrrole nitrogens is 1. The van der Waals surface area contributed by atoms with Gasteiger partial charge < -0.3 is 10.3 Å². The van der Waals surface area contributed by atoms with Gasteiger partial charge in [-0.3, -0.25) is 4.79 Å². The Kier molecular flexibility index (Phi) is 6.66. The molecule has 9 nitrogen and oxygen atoms in total. The van der Waals surface area contributed by atoms with Gasteiger partial charge in [-0.15, -0.1) is 0 Å². The molecule has 0 saturated carbocycles. The van der Waals surface area contributed by atoms with Crippen LogP contribution in [0.15, 0.2) is 80.2 Å². The average Bonchev–Trinajstić information content (AvgIpc) is 2.72. The van der Waals surface area contributed by atoms with Crippen LogP contribution in [-0.2, 0) is 10.0 Å². The van der Waals surface area contributed by atoms with E-state index in [1.54, 1.807) is 31.2 Å². The number of carbonyl (C=O) groups is 1. The summed E-state index contributed by atoms with van der Waals surface area (Å²) in [4.78, 5) is 39.7. The SMILES string of the molecule is C/C(Cl)=C\C=C(/C)S(=O)(=O)NC(=O)Nc1ccc(-n2c(=O)[nH]c3ccccc3c2=O)cc1. The van der Waals surface area contributed by atoms with Crippen molar-refractivity contribution in [1.82, 2.24) is 14.3 Å². The van der Waals surface area contributed by atoms with Gasteiger partial charge in [0.1, 0.15) is 0 Å². The van der Waals surface area contributed by atoms with Gasteiger partial charge in [-0.25, -0.2) is 27.3 Å². The van der Waals surface area contributed by atoms with E-state index in [4.69, 9.17) is 11.6 Å². The molecule has 166 valence electrons. The number of halogens is 1. The van der Waals surface area contributed by atoms with Crippen molar-refractivity contribution in [3.8, 4) is 5.69 Å². The quantitative estimate of drug-likeness (QED) is 0.489. The van der Waals surface area contributed by atoms with E-state index in [1.807, 2.05) is 4.72 Å². The van der Waals surface area contributed by atoms with Crippen molar-refractivity contribution >= 4 is 44.2 Å². The molecule has 11 heteroatoms. The lowest BCUT2D eigenvalue weighted by molar-refractivity contribution is 0.256. The normalized spacial score (nSPS) is 12.6. The van der Waals surface area contributed by atoms with Gasteiger partial charge in [0.25, 0.3) is 15.6 Å². The second-order valence-electron chi connectivity index (χ2n) is 6.75. The predicted octanol–water partition coefficient (Wildman–Crippen LogP) is 3.18. The van der Waals surface area contributed by atoms with Crippen molar-refractivity contribution < 1.29 is 13.2 Å². The molecule has 0 radical (unpaired) electrons. The van der Waals surface area contributed by atoms with Crippen LogP contribution in [0, 0.1) is 0 Å². The fraction of sp³-hybridized carbons (Fsp3) is 0.0952. The average molecular weight is 475 g/mol. The number of anilines is 1. The third kappa shape index (κ3) is 5.16. The van der Waals surface area contributed by atoms with E-state index >= 15 is 0 Å². The molecule has 0 spiro atoms. The van der Waals surface area contributed by atoms with E-state index < -0.39 is 27.3 Å². The minimum atomic E-state index is -4.05. The Morgan fingerprint density at radius 3 is 2.34 bits per heavy atom. The Morgan fingerprint density at radius 2 is 1.69 bits per heavy atom. The topological polar surface area (TPSA) is 130 Å². The Bertz CT molecular complexity index is 1460. The molecule has 0 saturated heterocycles. The first-order valence-electron chi connectivity index (χ1n) is 9.27. The zero-order valence-corrected chi connectivity index (χ0v) is 18.6. The van der Waals surface area contributed by atoms with Gasteiger partial charge in [0, 0.05) is 10.7 Å². The lowest BCUT2D eigenvalue weighted by atomic mass is 10.2. The zero-order valence-electron chi connectivity index (χ0n) is 17.0. The fourth-order valence-electron chi connectivity index (χ4n) is 2.77. The minimum Gasteiger partial charge on any atom is -0.307 e. The minimum absolute atomic E-state index is 0.0992. The number of hydrogen-bond acceptors (Lipinski definition) is 5. The first-order chi connectivity index (χ1) is 15.1. The van der Waals surface area contributed by atoms with Gasteiger partial charge >= 0.3 is 11.7 Å². The molecule has 0 atom stereocenters. The molecule has 3 aromatic rings. The van der Waals surface area contributed by atoms with Crippen molar-refractivity contribution in [2.45, 2.75) is 13.8 Å². The molecule has 3 rings (SSSR count). The third-order valence-corrected chi connectivity index (χ3v) is 5.95. The van der Waals surface area contributed by atoms with E-state index in [9.17, 15) is 22.8 Å². The maximum absolute atomic E-state index is 12.7. The van der Waals surface area contributed by atoms with Crippen LogP contribution in [0.4, 0.5) is 10.5 Å². The molecule has 0 aliphatic rings. The number of hydrogen-bond donors (Lipinski definition) is 3. The van der Waals surface area contributed by atoms with Crippen molar-refractivity contribution in [3.63, 3.8) is 0 Å². The highest BCUT2D eigenvalue weighted by atomic mass is 35.5. The molecule has 1 aromatic heterocycles. The summed E-state index contributed by atoms with van der Waals surface area (Å²) < 4.78 is 27.2. The number of aromatic nitrogens is 2. The van der Waals surface area contributed by atoms with Crippen LogP contribution in [0.2, 0.25) is 0 Å². The van der Waals surface area contributed by atoms with Gasteiger partial charge in [-0.1, -0.05) is 23.7 Å². The summed E-state index contributed by atoms with van der Waals surface area (Å²) in [6.07, 6.45) is 2.66. The van der Waals surface area contributed by atoms with Crippen LogP contribution < -0.4 is 21.3 Å². The van der Waals surface area contributed by atoms with Crippen LogP contribution in [0.1, 0.15) is 13.8 Å². The third-order valence-electron chi connectivity index (χ3n) is 4.39. The van der Waals surface area contributed by atoms with Gasteiger partial charge in [0.05, 0.1) is 21.5 Å². The smallest absolute Gasteiger partial charge is 0.307 e. The maximum atomic E-state index is 12.7. The number of amides is 2. The first-order valence-corrected chi connectivity index (χ1v) is 11.1. The number of nitrogens with one attached hydrogen (secondary N) is 3. The lowest BCUT2D eigenvalue weighted by Gasteiger charge is -2.10. The fourth-order valence-corrected chi connectivity index (χ4v) is 3.54. The Hall–Kier alpha value is -3.63. The molecule has 2 amide bonds. The number of carbonyl (C=O) groups excluding carboxylic acids is 1. The molecule has 0 aliphatic heterocycles. The van der Waals surface area contributed by atoms with Gasteiger partial charge in [-0.05, 0) is 62.4 Å². The Labute approximate surface area is 188 Å². The summed E-state index contributed by atoms with van der Waals surface area (Å²) in [5.74, 6) is 0. The molecule has 0 unspecified atom stereocenters. The molecule has 1 heterocycles. The van der Waals surface area contributed by atoms with Crippen molar-refractivity contribution in [3.05, 3.63) is 91.5 Å². The van der Waals surface area contributed by atoms with E-state index in [0.717, 1.165) is 4.57 Å². The molecule has 0 bridgehead atoms. The summed E-state index contributed by atoms with van der Waals surface area (Å²) in [7, 11) is -4.05. The standard InChI is InChI=1S/C21H19ClN4O5S/c1-13(22)7-8-14(2)32(30,31)25-20(28)23-15-9-11-16(12-10-15)26-19(27)17-5-3-4-6-18(17)24-21(26)29/h3-12H,1-2H3,(H,24,29)(H2,23,25,28)/b13-7+,14-8+. The number of allylic oxidation sites excluding steroid dienone is 4. The number of para-hydroxylation sites is 1. The first kappa shape index (κ1) is 23.0. The van der Waals surface area contributed by atoms with E-state index in [2.05, 4.69) is 10.3 Å². The monoisotopic (exact) mass is 474 g/mol. The molecule has 32 heavy (non-hydrogen) atoms. The van der Waals surface area contributed by atoms with Crippen molar-refractivity contribution in [2.24, 2.45) is 0 Å². The molecule has 2 aromatic carbocycles. The molecule has 0 fully saturated rings. The second-order valence-corrected chi connectivity index (χ2v) is 9.20. The zero-order chi connectivity index (χ0) is 23.5. The van der Waals surface area contributed by atoms with Crippen molar-refractivity contribution in [1.29, 1.82) is 0 Å². The van der Waals surface area contributed by atoms with Crippen LogP contribution in [0.3, 0.4) is 0 Å². The Morgan fingerprint density at radius 1 is 1.03 bits per heavy atom. The van der Waals surface area contributed by atoms with Gasteiger partial charge in [-0.2, -0.15) is 0 Å². The molecule has 0 aliphatic carbocycles. The van der Waals surface area contributed by atoms with Crippen molar-refractivity contribution in [2.75, 3.05) is 5.32 Å². The van der Waals surface area contributed by atoms with E-state index in [-0.39, 0.29) is 16.3 Å². The van der Waals surface area contributed by atoms with E-state index in [0.29, 0.717) is 15.9 Å². The highest BCUT2D eigenvalue weighted by molar-refractivity contribution is 7.93. The summed E-state index contributed by atoms with van der Waals surface area (Å²) in [5, 5.41) is 3.12. The lowest BCUT2D eigenvalue weighted by Crippen LogP contribution is -2.35. The van der Waals surface area contributed by atoms with Crippen LogP contribution in [0.25, 0.3) is 16.6 Å². The Balaban J connectivity index is 1.80.